The van der Waals surface area contributed by atoms with Gasteiger partial charge in [-0.15, -0.1) is 0 Å². The summed E-state index contributed by atoms with van der Waals surface area (Å²) >= 11 is 0. The van der Waals surface area contributed by atoms with Crippen molar-refractivity contribution in [2.75, 3.05) is 7.05 Å². The second-order valence-corrected chi connectivity index (χ2v) is 4.39. The molecule has 0 bridgehead atoms. The zero-order chi connectivity index (χ0) is 11.5. The molecule has 0 unspecified atom stereocenters. The van der Waals surface area contributed by atoms with Crippen LogP contribution in [0, 0.1) is 0 Å². The zero-order valence-corrected chi connectivity index (χ0v) is 10.2. The van der Waals surface area contributed by atoms with E-state index in [0.29, 0.717) is 0 Å². The maximum Gasteiger partial charge on any atom is 0.0388 e. The minimum atomic E-state index is 0.981. The smallest absolute Gasteiger partial charge is 0.0388 e. The van der Waals surface area contributed by atoms with Crippen molar-refractivity contribution < 1.29 is 0 Å². The van der Waals surface area contributed by atoms with Crippen LogP contribution in [0.5, 0.6) is 0 Å². The quantitative estimate of drug-likeness (QED) is 0.763. The normalized spacial score (nSPS) is 11.2. The summed E-state index contributed by atoms with van der Waals surface area (Å²) in [6, 6.07) is 8.51. The van der Waals surface area contributed by atoms with Gasteiger partial charge in [0.1, 0.15) is 0 Å². The first-order chi connectivity index (χ1) is 7.66. The van der Waals surface area contributed by atoms with Crippen LogP contribution in [0.1, 0.15) is 11.4 Å². The summed E-state index contributed by atoms with van der Waals surface area (Å²) in [4.78, 5) is 2.32. The fraction of sp³-hybridized carbons (Fsp3) is 0.385. The topological polar surface area (TPSA) is 13.1 Å². The van der Waals surface area contributed by atoms with Gasteiger partial charge in [-0.05, 0) is 31.3 Å². The Morgan fingerprint density at radius 3 is 1.69 bits per heavy atom. The van der Waals surface area contributed by atoms with Crippen LogP contribution in [-0.4, -0.2) is 21.1 Å². The molecule has 2 rings (SSSR count). The van der Waals surface area contributed by atoms with Gasteiger partial charge in [0, 0.05) is 51.0 Å². The molecule has 16 heavy (non-hydrogen) atoms. The fourth-order valence-corrected chi connectivity index (χ4v) is 1.93. The van der Waals surface area contributed by atoms with Gasteiger partial charge in [0.15, 0.2) is 0 Å². The number of hydrogen-bond acceptors (Lipinski definition) is 1. The summed E-state index contributed by atoms with van der Waals surface area (Å²) in [5.41, 5.74) is 2.69. The van der Waals surface area contributed by atoms with Crippen molar-refractivity contribution in [1.29, 1.82) is 0 Å². The second-order valence-electron chi connectivity index (χ2n) is 4.39. The van der Waals surface area contributed by atoms with Crippen molar-refractivity contribution >= 4 is 0 Å². The van der Waals surface area contributed by atoms with E-state index in [-0.39, 0.29) is 0 Å². The van der Waals surface area contributed by atoms with E-state index in [1.54, 1.807) is 0 Å². The summed E-state index contributed by atoms with van der Waals surface area (Å²) < 4.78 is 4.34. The number of nitrogens with zero attached hydrogens (tertiary/aromatic N) is 3. The molecule has 0 radical (unpaired) electrons. The minimum Gasteiger partial charge on any atom is -0.353 e. The van der Waals surface area contributed by atoms with E-state index < -0.39 is 0 Å². The van der Waals surface area contributed by atoms with Crippen LogP contribution < -0.4 is 0 Å². The molecule has 0 amide bonds. The van der Waals surface area contributed by atoms with Gasteiger partial charge in [-0.25, -0.2) is 0 Å². The first-order valence-corrected chi connectivity index (χ1v) is 5.56. The Bertz CT molecular complexity index is 411. The molecule has 0 saturated carbocycles. The highest BCUT2D eigenvalue weighted by Crippen LogP contribution is 2.08. The first-order valence-electron chi connectivity index (χ1n) is 5.56. The number of aromatic nitrogens is 2. The highest BCUT2D eigenvalue weighted by atomic mass is 15.1. The molecular weight excluding hydrogens is 198 g/mol. The van der Waals surface area contributed by atoms with Gasteiger partial charge in [-0.2, -0.15) is 0 Å². The lowest BCUT2D eigenvalue weighted by molar-refractivity contribution is 0.304. The highest BCUT2D eigenvalue weighted by Gasteiger charge is 2.05. The van der Waals surface area contributed by atoms with Gasteiger partial charge in [-0.1, -0.05) is 0 Å². The third-order valence-electron chi connectivity index (χ3n) is 2.97. The lowest BCUT2D eigenvalue weighted by atomic mass is 10.3. The van der Waals surface area contributed by atoms with E-state index >= 15 is 0 Å². The largest absolute Gasteiger partial charge is 0.353 e. The number of hydrogen-bond donors (Lipinski definition) is 0. The van der Waals surface area contributed by atoms with Gasteiger partial charge in [0.2, 0.25) is 0 Å². The van der Waals surface area contributed by atoms with Gasteiger partial charge in [0.25, 0.3) is 0 Å². The average Bonchev–Trinajstić information content (AvgIpc) is 2.79. The highest BCUT2D eigenvalue weighted by molar-refractivity contribution is 5.08. The van der Waals surface area contributed by atoms with Crippen LogP contribution in [-0.2, 0) is 27.2 Å². The van der Waals surface area contributed by atoms with Gasteiger partial charge < -0.3 is 9.13 Å². The summed E-state index contributed by atoms with van der Waals surface area (Å²) in [6.07, 6.45) is 4.18. The Balaban J connectivity index is 1.97. The van der Waals surface area contributed by atoms with E-state index in [9.17, 15) is 0 Å². The lowest BCUT2D eigenvalue weighted by Crippen LogP contribution is -2.20. The van der Waals surface area contributed by atoms with E-state index in [2.05, 4.69) is 71.8 Å². The van der Waals surface area contributed by atoms with Gasteiger partial charge >= 0.3 is 0 Å². The van der Waals surface area contributed by atoms with Crippen LogP contribution >= 0.6 is 0 Å². The molecule has 0 spiro atoms. The van der Waals surface area contributed by atoms with Crippen LogP contribution in [0.2, 0.25) is 0 Å². The minimum absolute atomic E-state index is 0.981. The van der Waals surface area contributed by atoms with E-state index in [0.717, 1.165) is 13.1 Å². The Hall–Kier alpha value is -1.48. The number of rotatable bonds is 4. The molecule has 0 aromatic carbocycles. The molecule has 0 fully saturated rings. The standard InChI is InChI=1S/C13H19N3/c1-14(10-12-6-4-8-15(12)2)11-13-7-5-9-16(13)3/h4-9H,10-11H2,1-3H3. The van der Waals surface area contributed by atoms with Crippen molar-refractivity contribution in [2.45, 2.75) is 13.1 Å². The van der Waals surface area contributed by atoms with E-state index in [1.165, 1.54) is 11.4 Å². The summed E-state index contributed by atoms with van der Waals surface area (Å²) in [5.74, 6) is 0. The Kier molecular flexibility index (Phi) is 3.15. The zero-order valence-electron chi connectivity index (χ0n) is 10.2. The van der Waals surface area contributed by atoms with Crippen molar-refractivity contribution in [1.82, 2.24) is 14.0 Å². The number of aryl methyl sites for hydroxylation is 2. The Morgan fingerprint density at radius 1 is 0.938 bits per heavy atom. The summed E-state index contributed by atoms with van der Waals surface area (Å²) in [7, 11) is 6.33. The average molecular weight is 217 g/mol. The molecule has 0 N–H and O–H groups in total. The van der Waals surface area contributed by atoms with Gasteiger partial charge in [0.05, 0.1) is 0 Å². The molecule has 3 nitrogen and oxygen atoms in total. The van der Waals surface area contributed by atoms with Gasteiger partial charge in [-0.3, -0.25) is 4.90 Å². The maximum absolute atomic E-state index is 2.32. The summed E-state index contributed by atoms with van der Waals surface area (Å²) in [6.45, 7) is 1.96. The molecule has 0 saturated heterocycles. The van der Waals surface area contributed by atoms with E-state index in [1.807, 2.05) is 0 Å². The fourth-order valence-electron chi connectivity index (χ4n) is 1.93. The molecule has 0 aliphatic rings. The van der Waals surface area contributed by atoms with Crippen molar-refractivity contribution in [2.24, 2.45) is 14.1 Å². The van der Waals surface area contributed by atoms with Crippen LogP contribution in [0.15, 0.2) is 36.7 Å². The molecule has 3 heteroatoms. The van der Waals surface area contributed by atoms with Crippen LogP contribution in [0.3, 0.4) is 0 Å². The predicted octanol–water partition coefficient (Wildman–Crippen LogP) is 2.00. The molecule has 2 aromatic heterocycles. The first kappa shape index (κ1) is 11.0. The molecular formula is C13H19N3. The summed E-state index contributed by atoms with van der Waals surface area (Å²) in [5, 5.41) is 0. The molecule has 86 valence electrons. The van der Waals surface area contributed by atoms with Crippen molar-refractivity contribution in [3.05, 3.63) is 48.0 Å². The molecule has 0 aliphatic heterocycles. The molecule has 0 atom stereocenters. The van der Waals surface area contributed by atoms with E-state index in [4.69, 9.17) is 0 Å². The van der Waals surface area contributed by atoms with Crippen molar-refractivity contribution in [3.8, 4) is 0 Å². The van der Waals surface area contributed by atoms with Crippen LogP contribution in [0.4, 0.5) is 0 Å². The lowest BCUT2D eigenvalue weighted by Gasteiger charge is -2.17. The molecule has 0 aliphatic carbocycles. The molecule has 2 heterocycles. The second kappa shape index (κ2) is 4.58. The monoisotopic (exact) mass is 217 g/mol. The molecule has 2 aromatic rings. The third kappa shape index (κ3) is 2.36. The Labute approximate surface area is 96.9 Å². The third-order valence-corrected chi connectivity index (χ3v) is 2.97. The predicted molar refractivity (Wildman–Crippen MR) is 66.0 cm³/mol. The Morgan fingerprint density at radius 2 is 1.38 bits per heavy atom. The van der Waals surface area contributed by atoms with Crippen LogP contribution in [0.25, 0.3) is 0 Å². The maximum atomic E-state index is 2.32. The van der Waals surface area contributed by atoms with Crippen molar-refractivity contribution in [3.63, 3.8) is 0 Å². The SMILES string of the molecule is CN(Cc1cccn1C)Cc1cccn1C.